The lowest BCUT2D eigenvalue weighted by molar-refractivity contribution is -0.384. The first-order valence-electron chi connectivity index (χ1n) is 6.77. The lowest BCUT2D eigenvalue weighted by atomic mass is 10.2. The van der Waals surface area contributed by atoms with Crippen molar-refractivity contribution in [1.82, 2.24) is 0 Å². The zero-order valence-corrected chi connectivity index (χ0v) is 11.6. The monoisotopic (exact) mass is 266 g/mol. The van der Waals surface area contributed by atoms with E-state index in [4.69, 9.17) is 4.74 Å². The summed E-state index contributed by atoms with van der Waals surface area (Å²) in [4.78, 5) is 10.4. The topological polar surface area (TPSA) is 64.4 Å². The minimum Gasteiger partial charge on any atom is -0.493 e. The van der Waals surface area contributed by atoms with Crippen molar-refractivity contribution in [2.24, 2.45) is 0 Å². The molecule has 1 rings (SSSR count). The van der Waals surface area contributed by atoms with Crippen LogP contribution in [0, 0.1) is 10.1 Å². The largest absolute Gasteiger partial charge is 0.493 e. The minimum absolute atomic E-state index is 0.0489. The molecule has 0 atom stereocenters. The van der Waals surface area contributed by atoms with Gasteiger partial charge in [-0.1, -0.05) is 32.6 Å². The molecule has 5 heteroatoms. The summed E-state index contributed by atoms with van der Waals surface area (Å²) in [5.74, 6) is 0.550. The fourth-order valence-electron chi connectivity index (χ4n) is 1.81. The lowest BCUT2D eigenvalue weighted by Crippen LogP contribution is -1.99. The number of anilines is 1. The zero-order valence-electron chi connectivity index (χ0n) is 11.6. The van der Waals surface area contributed by atoms with Gasteiger partial charge in [0.1, 0.15) is 5.75 Å². The summed E-state index contributed by atoms with van der Waals surface area (Å²) >= 11 is 0. The van der Waals surface area contributed by atoms with Crippen LogP contribution in [0.15, 0.2) is 18.2 Å². The smallest absolute Gasteiger partial charge is 0.275 e. The maximum Gasteiger partial charge on any atom is 0.275 e. The number of nitrogens with one attached hydrogen (secondary N) is 1. The van der Waals surface area contributed by atoms with Crippen molar-refractivity contribution in [3.63, 3.8) is 0 Å². The third-order valence-corrected chi connectivity index (χ3v) is 2.91. The van der Waals surface area contributed by atoms with Crippen LogP contribution in [-0.4, -0.2) is 18.6 Å². The van der Waals surface area contributed by atoms with Gasteiger partial charge in [-0.25, -0.2) is 0 Å². The van der Waals surface area contributed by atoms with E-state index in [1.807, 2.05) is 0 Å². The fraction of sp³-hybridized carbons (Fsp3) is 0.571. The van der Waals surface area contributed by atoms with E-state index >= 15 is 0 Å². The van der Waals surface area contributed by atoms with Gasteiger partial charge in [-0.15, -0.1) is 0 Å². The molecule has 0 saturated heterocycles. The second kappa shape index (κ2) is 8.34. The molecule has 1 aromatic carbocycles. The Morgan fingerprint density at radius 2 is 1.95 bits per heavy atom. The van der Waals surface area contributed by atoms with Crippen molar-refractivity contribution in [3.8, 4) is 5.75 Å². The van der Waals surface area contributed by atoms with E-state index in [9.17, 15) is 10.1 Å². The van der Waals surface area contributed by atoms with Gasteiger partial charge >= 0.3 is 0 Å². The Hall–Kier alpha value is -1.78. The molecule has 0 unspecified atom stereocenters. The van der Waals surface area contributed by atoms with Crippen LogP contribution >= 0.6 is 0 Å². The average Bonchev–Trinajstić information content (AvgIpc) is 2.42. The van der Waals surface area contributed by atoms with Crippen LogP contribution in [0.5, 0.6) is 5.75 Å². The number of benzene rings is 1. The van der Waals surface area contributed by atoms with Gasteiger partial charge in [0, 0.05) is 24.9 Å². The van der Waals surface area contributed by atoms with E-state index in [-0.39, 0.29) is 5.69 Å². The first-order chi connectivity index (χ1) is 9.17. The number of nitrogens with zero attached hydrogens (tertiary/aromatic N) is 1. The number of hydrogen-bond donors (Lipinski definition) is 1. The summed E-state index contributed by atoms with van der Waals surface area (Å²) in [7, 11) is 1.73. The molecule has 0 aliphatic carbocycles. The standard InChI is InChI=1S/C14H22N2O3/c1-3-4-5-6-7-8-19-14-10-12(15-2)9-13(11-14)16(17)18/h9-11,15H,3-8H2,1-2H3. The summed E-state index contributed by atoms with van der Waals surface area (Å²) in [6.45, 7) is 2.78. The highest BCUT2D eigenvalue weighted by Gasteiger charge is 2.09. The Kier molecular flexibility index (Phi) is 6.71. The number of rotatable bonds is 9. The molecule has 106 valence electrons. The first-order valence-corrected chi connectivity index (χ1v) is 6.77. The predicted octanol–water partition coefficient (Wildman–Crippen LogP) is 3.99. The molecular weight excluding hydrogens is 244 g/mol. The molecule has 0 aliphatic heterocycles. The first kappa shape index (κ1) is 15.3. The van der Waals surface area contributed by atoms with Gasteiger partial charge in [-0.2, -0.15) is 0 Å². The van der Waals surface area contributed by atoms with E-state index in [1.165, 1.54) is 31.4 Å². The molecule has 0 aliphatic rings. The average molecular weight is 266 g/mol. The molecule has 0 saturated carbocycles. The maximum atomic E-state index is 10.8. The van der Waals surface area contributed by atoms with Crippen molar-refractivity contribution in [3.05, 3.63) is 28.3 Å². The number of nitro groups is 1. The summed E-state index contributed by atoms with van der Waals surface area (Å²) in [6.07, 6.45) is 5.81. The second-order valence-electron chi connectivity index (χ2n) is 4.49. The molecule has 0 bridgehead atoms. The summed E-state index contributed by atoms with van der Waals surface area (Å²) in [6, 6.07) is 4.74. The van der Waals surface area contributed by atoms with Gasteiger partial charge in [-0.3, -0.25) is 10.1 Å². The highest BCUT2D eigenvalue weighted by molar-refractivity contribution is 5.55. The van der Waals surface area contributed by atoms with Crippen molar-refractivity contribution < 1.29 is 9.66 Å². The second-order valence-corrected chi connectivity index (χ2v) is 4.49. The Balaban J connectivity index is 2.48. The number of unbranched alkanes of at least 4 members (excludes halogenated alkanes) is 4. The van der Waals surface area contributed by atoms with Gasteiger partial charge in [0.25, 0.3) is 5.69 Å². The third kappa shape index (κ3) is 5.59. The van der Waals surface area contributed by atoms with E-state index < -0.39 is 4.92 Å². The Bertz CT molecular complexity index is 408. The molecule has 0 amide bonds. The minimum atomic E-state index is -0.408. The van der Waals surface area contributed by atoms with Gasteiger partial charge < -0.3 is 10.1 Å². The predicted molar refractivity (Wildman–Crippen MR) is 76.9 cm³/mol. The van der Waals surface area contributed by atoms with Gasteiger partial charge in [0.2, 0.25) is 0 Å². The zero-order chi connectivity index (χ0) is 14.1. The van der Waals surface area contributed by atoms with Crippen molar-refractivity contribution in [2.45, 2.75) is 39.0 Å². The molecule has 19 heavy (non-hydrogen) atoms. The highest BCUT2D eigenvalue weighted by Crippen LogP contribution is 2.25. The van der Waals surface area contributed by atoms with Crippen LogP contribution in [0.2, 0.25) is 0 Å². The van der Waals surface area contributed by atoms with Gasteiger partial charge in [0.05, 0.1) is 17.6 Å². The summed E-state index contributed by atoms with van der Waals surface area (Å²) < 4.78 is 5.58. The van der Waals surface area contributed by atoms with Crippen LogP contribution < -0.4 is 10.1 Å². The van der Waals surface area contributed by atoms with Crippen molar-refractivity contribution >= 4 is 11.4 Å². The fourth-order valence-corrected chi connectivity index (χ4v) is 1.81. The van der Waals surface area contributed by atoms with Crippen LogP contribution in [0.3, 0.4) is 0 Å². The number of ether oxygens (including phenoxy) is 1. The van der Waals surface area contributed by atoms with E-state index in [0.29, 0.717) is 18.0 Å². The van der Waals surface area contributed by atoms with Crippen molar-refractivity contribution in [2.75, 3.05) is 19.0 Å². The molecule has 0 aromatic heterocycles. The molecule has 1 N–H and O–H groups in total. The van der Waals surface area contributed by atoms with Crippen LogP contribution in [0.1, 0.15) is 39.0 Å². The summed E-state index contributed by atoms with van der Waals surface area (Å²) in [5.41, 5.74) is 0.739. The van der Waals surface area contributed by atoms with Crippen LogP contribution in [-0.2, 0) is 0 Å². The van der Waals surface area contributed by atoms with Crippen LogP contribution in [0.25, 0.3) is 0 Å². The van der Waals surface area contributed by atoms with Crippen LogP contribution in [0.4, 0.5) is 11.4 Å². The third-order valence-electron chi connectivity index (χ3n) is 2.91. The molecule has 0 radical (unpaired) electrons. The van der Waals surface area contributed by atoms with E-state index in [0.717, 1.165) is 12.8 Å². The number of nitro benzene ring substituents is 1. The number of hydrogen-bond acceptors (Lipinski definition) is 4. The Morgan fingerprint density at radius 3 is 2.58 bits per heavy atom. The number of non-ortho nitro benzene ring substituents is 1. The van der Waals surface area contributed by atoms with Gasteiger partial charge in [0.15, 0.2) is 0 Å². The maximum absolute atomic E-state index is 10.8. The molecular formula is C14H22N2O3. The van der Waals surface area contributed by atoms with E-state index in [1.54, 1.807) is 13.1 Å². The highest BCUT2D eigenvalue weighted by atomic mass is 16.6. The Morgan fingerprint density at radius 1 is 1.21 bits per heavy atom. The molecule has 5 nitrogen and oxygen atoms in total. The summed E-state index contributed by atoms with van der Waals surface area (Å²) in [5, 5.41) is 13.7. The SMILES string of the molecule is CCCCCCCOc1cc(NC)cc([N+](=O)[O-])c1. The normalized spacial score (nSPS) is 10.2. The van der Waals surface area contributed by atoms with E-state index in [2.05, 4.69) is 12.2 Å². The molecule has 0 heterocycles. The lowest BCUT2D eigenvalue weighted by Gasteiger charge is -2.08. The Labute approximate surface area is 114 Å². The van der Waals surface area contributed by atoms with Crippen molar-refractivity contribution in [1.29, 1.82) is 0 Å². The quantitative estimate of drug-likeness (QED) is 0.417. The molecule has 1 aromatic rings. The van der Waals surface area contributed by atoms with Gasteiger partial charge in [-0.05, 0) is 6.42 Å². The molecule has 0 spiro atoms. The molecule has 0 fully saturated rings.